The largest absolute Gasteiger partial charge is 0.364 e. The molecule has 0 saturated heterocycles. The van der Waals surface area contributed by atoms with Gasteiger partial charge in [-0.1, -0.05) is 16.1 Å². The van der Waals surface area contributed by atoms with E-state index >= 15 is 0 Å². The number of nitrogens with two attached hydrogens (primary N) is 1. The topological polar surface area (TPSA) is 105 Å². The average molecular weight is 318 g/mol. The molecule has 2 aromatic rings. The van der Waals surface area contributed by atoms with E-state index in [2.05, 4.69) is 4.98 Å². The molecule has 0 aliphatic rings. The maximum atomic E-state index is 12.4. The van der Waals surface area contributed by atoms with Crippen molar-refractivity contribution in [1.29, 1.82) is 0 Å². The van der Waals surface area contributed by atoms with Crippen molar-refractivity contribution < 1.29 is 18.0 Å². The molecule has 0 aliphatic carbocycles. The minimum Gasteiger partial charge on any atom is -0.364 e. The van der Waals surface area contributed by atoms with E-state index in [0.29, 0.717) is 15.0 Å². The number of carbonyl (C=O) groups is 1. The average Bonchev–Trinajstić information content (AvgIpc) is 2.76. The lowest BCUT2D eigenvalue weighted by atomic mass is 10.2. The molecule has 20 heavy (non-hydrogen) atoms. The SMILES string of the molecule is CON(C)S(=O)(=O)c1c(C(N)=O)[nH]c2ccc(Cl)cc12. The van der Waals surface area contributed by atoms with E-state index < -0.39 is 15.9 Å². The van der Waals surface area contributed by atoms with E-state index in [1.54, 1.807) is 12.1 Å². The number of amides is 1. The lowest BCUT2D eigenvalue weighted by Gasteiger charge is -2.14. The van der Waals surface area contributed by atoms with E-state index in [-0.39, 0.29) is 16.0 Å². The molecule has 2 rings (SSSR count). The number of aromatic amines is 1. The van der Waals surface area contributed by atoms with Gasteiger partial charge in [0.05, 0.1) is 7.11 Å². The number of hydroxylamine groups is 1. The van der Waals surface area contributed by atoms with Crippen LogP contribution in [0, 0.1) is 0 Å². The first-order chi connectivity index (χ1) is 9.28. The third-order valence-corrected chi connectivity index (χ3v) is 4.81. The van der Waals surface area contributed by atoms with Gasteiger partial charge in [0.15, 0.2) is 0 Å². The van der Waals surface area contributed by atoms with Gasteiger partial charge in [0, 0.05) is 23.0 Å². The first-order valence-corrected chi connectivity index (χ1v) is 7.25. The Hall–Kier alpha value is -1.61. The van der Waals surface area contributed by atoms with Gasteiger partial charge < -0.3 is 10.7 Å². The van der Waals surface area contributed by atoms with Crippen LogP contribution in [0.1, 0.15) is 10.5 Å². The molecule has 7 nitrogen and oxygen atoms in total. The van der Waals surface area contributed by atoms with Crippen molar-refractivity contribution in [3.8, 4) is 0 Å². The number of hydrogen-bond acceptors (Lipinski definition) is 4. The zero-order valence-electron chi connectivity index (χ0n) is 10.7. The maximum Gasteiger partial charge on any atom is 0.267 e. The lowest BCUT2D eigenvalue weighted by Crippen LogP contribution is -2.28. The molecular formula is C11H12ClN3O4S. The Morgan fingerprint density at radius 2 is 2.10 bits per heavy atom. The van der Waals surface area contributed by atoms with E-state index in [1.807, 2.05) is 0 Å². The monoisotopic (exact) mass is 317 g/mol. The Balaban J connectivity index is 2.88. The number of primary amides is 1. The standard InChI is InChI=1S/C11H12ClN3O4S/c1-15(19-2)20(17,18)10-7-5-6(12)3-4-8(7)14-9(10)11(13)16/h3-5,14H,1-2H3,(H2,13,16). The third-order valence-electron chi connectivity index (χ3n) is 2.81. The van der Waals surface area contributed by atoms with Gasteiger partial charge in [-0.3, -0.25) is 9.63 Å². The molecule has 1 amide bonds. The molecule has 0 spiro atoms. The molecule has 1 aromatic carbocycles. The van der Waals surface area contributed by atoms with Gasteiger partial charge in [-0.2, -0.15) is 0 Å². The fourth-order valence-corrected chi connectivity index (χ4v) is 3.29. The highest BCUT2D eigenvalue weighted by Gasteiger charge is 2.30. The number of benzene rings is 1. The van der Waals surface area contributed by atoms with Crippen molar-refractivity contribution in [2.45, 2.75) is 4.90 Å². The molecule has 0 atom stereocenters. The van der Waals surface area contributed by atoms with Crippen molar-refractivity contribution in [2.75, 3.05) is 14.2 Å². The Bertz CT molecular complexity index is 784. The molecule has 0 aliphatic heterocycles. The first kappa shape index (κ1) is 14.8. The Labute approximate surface area is 120 Å². The van der Waals surface area contributed by atoms with Crippen LogP contribution < -0.4 is 5.73 Å². The molecule has 1 heterocycles. The highest BCUT2D eigenvalue weighted by Crippen LogP contribution is 2.30. The summed E-state index contributed by atoms with van der Waals surface area (Å²) in [6.07, 6.45) is 0. The molecular weight excluding hydrogens is 306 g/mol. The first-order valence-electron chi connectivity index (χ1n) is 5.43. The fraction of sp³-hybridized carbons (Fsp3) is 0.182. The predicted molar refractivity (Wildman–Crippen MR) is 73.8 cm³/mol. The van der Waals surface area contributed by atoms with Crippen LogP contribution in [0.15, 0.2) is 23.1 Å². The maximum absolute atomic E-state index is 12.4. The van der Waals surface area contributed by atoms with Gasteiger partial charge >= 0.3 is 0 Å². The van der Waals surface area contributed by atoms with E-state index in [9.17, 15) is 13.2 Å². The summed E-state index contributed by atoms with van der Waals surface area (Å²) in [5, 5.41) is 0.610. The van der Waals surface area contributed by atoms with Crippen LogP contribution in [0.2, 0.25) is 5.02 Å². The third kappa shape index (κ3) is 2.27. The smallest absolute Gasteiger partial charge is 0.267 e. The molecule has 108 valence electrons. The summed E-state index contributed by atoms with van der Waals surface area (Å²) >= 11 is 5.87. The van der Waals surface area contributed by atoms with Crippen molar-refractivity contribution in [3.05, 3.63) is 28.9 Å². The number of sulfonamides is 1. The molecule has 0 saturated carbocycles. The summed E-state index contributed by atoms with van der Waals surface area (Å²) in [7, 11) is -1.63. The second-order valence-corrected chi connectivity index (χ2v) is 6.29. The summed E-state index contributed by atoms with van der Waals surface area (Å²) in [5.74, 6) is -0.889. The van der Waals surface area contributed by atoms with Crippen LogP contribution in [0.25, 0.3) is 10.9 Å². The Morgan fingerprint density at radius 3 is 2.65 bits per heavy atom. The number of rotatable bonds is 4. The van der Waals surface area contributed by atoms with Crippen molar-refractivity contribution in [2.24, 2.45) is 5.73 Å². The number of nitrogens with zero attached hydrogens (tertiary/aromatic N) is 1. The number of hydrogen-bond donors (Lipinski definition) is 2. The van der Waals surface area contributed by atoms with Crippen molar-refractivity contribution in [1.82, 2.24) is 9.45 Å². The zero-order chi connectivity index (χ0) is 15.1. The van der Waals surface area contributed by atoms with E-state index in [1.165, 1.54) is 20.2 Å². The van der Waals surface area contributed by atoms with Crippen LogP contribution >= 0.6 is 11.6 Å². The number of H-pyrrole nitrogens is 1. The number of carbonyl (C=O) groups excluding carboxylic acids is 1. The fourth-order valence-electron chi connectivity index (χ4n) is 1.81. The van der Waals surface area contributed by atoms with Crippen molar-refractivity contribution in [3.63, 3.8) is 0 Å². The van der Waals surface area contributed by atoms with Crippen molar-refractivity contribution >= 4 is 38.4 Å². The highest BCUT2D eigenvalue weighted by atomic mass is 35.5. The van der Waals surface area contributed by atoms with Gasteiger partial charge in [-0.25, -0.2) is 8.42 Å². The second-order valence-electron chi connectivity index (χ2n) is 3.98. The van der Waals surface area contributed by atoms with Gasteiger partial charge in [-0.05, 0) is 18.2 Å². The molecule has 0 unspecified atom stereocenters. The molecule has 1 aromatic heterocycles. The Morgan fingerprint density at radius 1 is 1.45 bits per heavy atom. The van der Waals surface area contributed by atoms with E-state index in [4.69, 9.17) is 22.2 Å². The number of aromatic nitrogens is 1. The predicted octanol–water partition coefficient (Wildman–Crippen LogP) is 1.10. The van der Waals surface area contributed by atoms with Gasteiger partial charge in [0.2, 0.25) is 0 Å². The van der Waals surface area contributed by atoms with Crippen LogP contribution in [0.4, 0.5) is 0 Å². The van der Waals surface area contributed by atoms with Crippen LogP contribution in [-0.2, 0) is 14.9 Å². The quantitative estimate of drug-likeness (QED) is 0.824. The zero-order valence-corrected chi connectivity index (χ0v) is 12.2. The highest BCUT2D eigenvalue weighted by molar-refractivity contribution is 7.89. The van der Waals surface area contributed by atoms with E-state index in [0.717, 1.165) is 0 Å². The molecule has 0 radical (unpaired) electrons. The van der Waals surface area contributed by atoms with Crippen LogP contribution in [0.5, 0.6) is 0 Å². The molecule has 0 bridgehead atoms. The van der Waals surface area contributed by atoms with Gasteiger partial charge in [-0.15, -0.1) is 0 Å². The van der Waals surface area contributed by atoms with Gasteiger partial charge in [0.25, 0.3) is 15.9 Å². The molecule has 9 heteroatoms. The normalized spacial score (nSPS) is 12.2. The summed E-state index contributed by atoms with van der Waals surface area (Å²) < 4.78 is 25.5. The number of nitrogens with one attached hydrogen (secondary N) is 1. The molecule has 3 N–H and O–H groups in total. The molecule has 0 fully saturated rings. The summed E-state index contributed by atoms with van der Waals surface area (Å²) in [6, 6.07) is 4.58. The van der Waals surface area contributed by atoms with Crippen LogP contribution in [0.3, 0.4) is 0 Å². The minimum atomic E-state index is -4.04. The second kappa shape index (κ2) is 5.06. The number of halogens is 1. The Kier molecular flexibility index (Phi) is 3.74. The van der Waals surface area contributed by atoms with Gasteiger partial charge in [0.1, 0.15) is 10.6 Å². The minimum absolute atomic E-state index is 0.217. The van der Waals surface area contributed by atoms with Crippen LogP contribution in [-0.4, -0.2) is 37.9 Å². The summed E-state index contributed by atoms with van der Waals surface area (Å²) in [4.78, 5) is 18.6. The number of fused-ring (bicyclic) bond motifs is 1. The summed E-state index contributed by atoms with van der Waals surface area (Å²) in [5.41, 5.74) is 5.45. The lowest BCUT2D eigenvalue weighted by molar-refractivity contribution is -0.0258. The summed E-state index contributed by atoms with van der Waals surface area (Å²) in [6.45, 7) is 0.